The lowest BCUT2D eigenvalue weighted by molar-refractivity contribution is -0.139. The largest absolute Gasteiger partial charge is 0.493 e. The van der Waals surface area contributed by atoms with Gasteiger partial charge in [0.1, 0.15) is 5.75 Å². The summed E-state index contributed by atoms with van der Waals surface area (Å²) in [4.78, 5) is 0. The van der Waals surface area contributed by atoms with Crippen molar-refractivity contribution < 1.29 is 22.6 Å². The summed E-state index contributed by atoms with van der Waals surface area (Å²) in [5.41, 5.74) is 5.40. The molecule has 1 atom stereocenters. The van der Waals surface area contributed by atoms with Crippen LogP contribution in [0.25, 0.3) is 0 Å². The van der Waals surface area contributed by atoms with E-state index < -0.39 is 11.7 Å². The molecule has 1 aromatic carbocycles. The van der Waals surface area contributed by atoms with Crippen LogP contribution in [-0.4, -0.2) is 26.4 Å². The van der Waals surface area contributed by atoms with E-state index in [0.29, 0.717) is 25.0 Å². The molecule has 114 valence electrons. The third kappa shape index (κ3) is 5.38. The molecule has 0 bridgehead atoms. The summed E-state index contributed by atoms with van der Waals surface area (Å²) in [6.45, 7) is 2.39. The molecule has 20 heavy (non-hydrogen) atoms. The fourth-order valence-corrected chi connectivity index (χ4v) is 1.81. The summed E-state index contributed by atoms with van der Waals surface area (Å²) < 4.78 is 49.0. The summed E-state index contributed by atoms with van der Waals surface area (Å²) >= 11 is 0. The molecule has 0 heterocycles. The maximum Gasteiger partial charge on any atom is 0.419 e. The van der Waals surface area contributed by atoms with Gasteiger partial charge in [0.25, 0.3) is 0 Å². The van der Waals surface area contributed by atoms with Gasteiger partial charge in [-0.2, -0.15) is 13.2 Å². The Bertz CT molecular complexity index is 419. The summed E-state index contributed by atoms with van der Waals surface area (Å²) in [5, 5.41) is 0. The predicted octanol–water partition coefficient (Wildman–Crippen LogP) is 3.01. The summed E-state index contributed by atoms with van der Waals surface area (Å²) in [6, 6.07) is 3.89. The topological polar surface area (TPSA) is 44.5 Å². The second-order valence-corrected chi connectivity index (χ2v) is 4.70. The fourth-order valence-electron chi connectivity index (χ4n) is 1.81. The van der Waals surface area contributed by atoms with E-state index in [-0.39, 0.29) is 18.4 Å². The average Bonchev–Trinajstić information content (AvgIpc) is 2.34. The second-order valence-electron chi connectivity index (χ2n) is 4.70. The minimum Gasteiger partial charge on any atom is -0.493 e. The van der Waals surface area contributed by atoms with Crippen LogP contribution in [0, 0.1) is 0 Å². The molecule has 0 radical (unpaired) electrons. The summed E-state index contributed by atoms with van der Waals surface area (Å²) in [6.07, 6.45) is -3.51. The molecule has 0 saturated carbocycles. The zero-order valence-corrected chi connectivity index (χ0v) is 11.7. The quantitative estimate of drug-likeness (QED) is 0.785. The lowest BCUT2D eigenvalue weighted by Gasteiger charge is -2.16. The van der Waals surface area contributed by atoms with Gasteiger partial charge in [-0.15, -0.1) is 0 Å². The molecular weight excluding hydrogens is 271 g/mol. The third-order valence-corrected chi connectivity index (χ3v) is 2.66. The molecule has 2 N–H and O–H groups in total. The maximum atomic E-state index is 13.0. The number of benzene rings is 1. The first-order valence-electron chi connectivity index (χ1n) is 6.42. The molecule has 0 amide bonds. The van der Waals surface area contributed by atoms with Gasteiger partial charge >= 0.3 is 6.18 Å². The van der Waals surface area contributed by atoms with Crippen LogP contribution in [0.5, 0.6) is 5.75 Å². The average molecular weight is 291 g/mol. The third-order valence-electron chi connectivity index (χ3n) is 2.66. The highest BCUT2D eigenvalue weighted by Crippen LogP contribution is 2.37. The first-order chi connectivity index (χ1) is 9.34. The van der Waals surface area contributed by atoms with Crippen LogP contribution >= 0.6 is 0 Å². The standard InChI is InChI=1S/C14H20F3NO2/c1-10(18)8-11-4-5-13(20-7-3-6-19-2)12(9-11)14(15,16)17/h4-5,9-10H,3,6-8,18H2,1-2H3. The Hall–Kier alpha value is -1.27. The van der Waals surface area contributed by atoms with E-state index in [4.69, 9.17) is 15.2 Å². The van der Waals surface area contributed by atoms with Gasteiger partial charge in [-0.1, -0.05) is 6.07 Å². The van der Waals surface area contributed by atoms with E-state index in [9.17, 15) is 13.2 Å². The highest BCUT2D eigenvalue weighted by molar-refractivity contribution is 5.39. The van der Waals surface area contributed by atoms with Gasteiger partial charge in [-0.3, -0.25) is 0 Å². The second kappa shape index (κ2) is 7.50. The Morgan fingerprint density at radius 1 is 1.25 bits per heavy atom. The van der Waals surface area contributed by atoms with Crippen LogP contribution in [-0.2, 0) is 17.3 Å². The molecule has 3 nitrogen and oxygen atoms in total. The molecule has 1 aromatic rings. The van der Waals surface area contributed by atoms with Crippen LogP contribution < -0.4 is 10.5 Å². The molecule has 0 aliphatic carbocycles. The van der Waals surface area contributed by atoms with E-state index in [1.807, 2.05) is 0 Å². The van der Waals surface area contributed by atoms with Crippen molar-refractivity contribution in [2.24, 2.45) is 5.73 Å². The number of nitrogens with two attached hydrogens (primary N) is 1. The van der Waals surface area contributed by atoms with Crippen molar-refractivity contribution in [3.05, 3.63) is 29.3 Å². The molecule has 0 spiro atoms. The highest BCUT2D eigenvalue weighted by Gasteiger charge is 2.34. The predicted molar refractivity (Wildman–Crippen MR) is 70.8 cm³/mol. The zero-order valence-electron chi connectivity index (χ0n) is 11.7. The van der Waals surface area contributed by atoms with Gasteiger partial charge in [0.2, 0.25) is 0 Å². The lowest BCUT2D eigenvalue weighted by atomic mass is 10.0. The molecular formula is C14H20F3NO2. The van der Waals surface area contributed by atoms with Crippen molar-refractivity contribution in [2.75, 3.05) is 20.3 Å². The SMILES string of the molecule is COCCCOc1ccc(CC(C)N)cc1C(F)(F)F. The van der Waals surface area contributed by atoms with Crippen LogP contribution in [0.3, 0.4) is 0 Å². The molecule has 1 rings (SSSR count). The van der Waals surface area contributed by atoms with E-state index in [2.05, 4.69) is 0 Å². The molecule has 0 aliphatic rings. The number of alkyl halides is 3. The molecule has 0 aromatic heterocycles. The summed E-state index contributed by atoms with van der Waals surface area (Å²) in [7, 11) is 1.53. The van der Waals surface area contributed by atoms with Gasteiger partial charge in [0.15, 0.2) is 0 Å². The van der Waals surface area contributed by atoms with Crippen LogP contribution in [0.1, 0.15) is 24.5 Å². The minimum atomic E-state index is -4.44. The highest BCUT2D eigenvalue weighted by atomic mass is 19.4. The number of methoxy groups -OCH3 is 1. The first kappa shape index (κ1) is 16.8. The number of rotatable bonds is 7. The zero-order chi connectivity index (χ0) is 15.2. The Labute approximate surface area is 116 Å². The Morgan fingerprint density at radius 2 is 1.95 bits per heavy atom. The van der Waals surface area contributed by atoms with Crippen molar-refractivity contribution >= 4 is 0 Å². The Balaban J connectivity index is 2.87. The Kier molecular flexibility index (Phi) is 6.29. The van der Waals surface area contributed by atoms with Gasteiger partial charge in [0, 0.05) is 26.2 Å². The van der Waals surface area contributed by atoms with Crippen LogP contribution in [0.2, 0.25) is 0 Å². The van der Waals surface area contributed by atoms with Crippen molar-refractivity contribution in [1.82, 2.24) is 0 Å². The summed E-state index contributed by atoms with van der Waals surface area (Å²) in [5.74, 6) is -0.151. The number of halogens is 3. The van der Waals surface area contributed by atoms with E-state index in [1.54, 1.807) is 13.0 Å². The van der Waals surface area contributed by atoms with Crippen molar-refractivity contribution in [3.8, 4) is 5.75 Å². The van der Waals surface area contributed by atoms with E-state index in [1.165, 1.54) is 13.2 Å². The van der Waals surface area contributed by atoms with Gasteiger partial charge in [0.05, 0.1) is 12.2 Å². The van der Waals surface area contributed by atoms with Crippen LogP contribution in [0.4, 0.5) is 13.2 Å². The molecule has 0 aliphatic heterocycles. The smallest absolute Gasteiger partial charge is 0.419 e. The minimum absolute atomic E-state index is 0.151. The van der Waals surface area contributed by atoms with Gasteiger partial charge < -0.3 is 15.2 Å². The Morgan fingerprint density at radius 3 is 2.50 bits per heavy atom. The van der Waals surface area contributed by atoms with Gasteiger partial charge in [-0.05, 0) is 31.0 Å². The first-order valence-corrected chi connectivity index (χ1v) is 6.42. The van der Waals surface area contributed by atoms with Crippen molar-refractivity contribution in [3.63, 3.8) is 0 Å². The maximum absolute atomic E-state index is 13.0. The monoisotopic (exact) mass is 291 g/mol. The molecule has 0 fully saturated rings. The van der Waals surface area contributed by atoms with E-state index >= 15 is 0 Å². The molecule has 0 saturated heterocycles. The van der Waals surface area contributed by atoms with E-state index in [0.717, 1.165) is 6.07 Å². The number of ether oxygens (including phenoxy) is 2. The van der Waals surface area contributed by atoms with Crippen molar-refractivity contribution in [1.29, 1.82) is 0 Å². The van der Waals surface area contributed by atoms with Crippen LogP contribution in [0.15, 0.2) is 18.2 Å². The fraction of sp³-hybridized carbons (Fsp3) is 0.571. The normalized spacial score (nSPS) is 13.3. The number of hydrogen-bond donors (Lipinski definition) is 1. The van der Waals surface area contributed by atoms with Crippen molar-refractivity contribution in [2.45, 2.75) is 32.0 Å². The molecule has 1 unspecified atom stereocenters. The number of hydrogen-bond acceptors (Lipinski definition) is 3. The molecule has 6 heteroatoms. The van der Waals surface area contributed by atoms with Gasteiger partial charge in [-0.25, -0.2) is 0 Å². The lowest BCUT2D eigenvalue weighted by Crippen LogP contribution is -2.18.